The Balaban J connectivity index is 2.34. The Morgan fingerprint density at radius 2 is 2.00 bits per heavy atom. The first-order chi connectivity index (χ1) is 11.4. The summed E-state index contributed by atoms with van der Waals surface area (Å²) < 4.78 is 5.27. The smallest absolute Gasteiger partial charge is 0.305 e. The number of carboxylic acids is 1. The van der Waals surface area contributed by atoms with Crippen LogP contribution in [-0.2, 0) is 4.79 Å². The van der Waals surface area contributed by atoms with Crippen molar-refractivity contribution in [2.75, 3.05) is 13.7 Å². The number of carboxylic acid groups (broad SMARTS) is 1. The number of hydrogen-bond donors (Lipinski definition) is 2. The van der Waals surface area contributed by atoms with Gasteiger partial charge in [-0.2, -0.15) is 0 Å². The summed E-state index contributed by atoms with van der Waals surface area (Å²) >= 11 is 12.1. The van der Waals surface area contributed by atoms with Crippen LogP contribution < -0.4 is 10.1 Å². The second kappa shape index (κ2) is 7.99. The van der Waals surface area contributed by atoms with Gasteiger partial charge in [0.05, 0.1) is 18.6 Å². The van der Waals surface area contributed by atoms with E-state index >= 15 is 0 Å². The van der Waals surface area contributed by atoms with Gasteiger partial charge >= 0.3 is 5.97 Å². The van der Waals surface area contributed by atoms with Gasteiger partial charge in [-0.1, -0.05) is 23.2 Å². The van der Waals surface area contributed by atoms with Crippen LogP contribution in [0.2, 0.25) is 10.0 Å². The standard InChI is InChI=1S/C16H14Cl2N2O4/c1-24-13-5-4-12(16(23)19-7-6-14(21)22)20-15(13)10-3-2-9(17)8-11(10)18/h2-5,8H,6-7H2,1H3,(H,19,23)(H,21,22). The summed E-state index contributed by atoms with van der Waals surface area (Å²) in [6.45, 7) is 0.0128. The molecule has 8 heteroatoms. The number of carbonyl (C=O) groups is 2. The minimum Gasteiger partial charge on any atom is -0.494 e. The molecule has 2 N–H and O–H groups in total. The molecule has 0 aliphatic heterocycles. The highest BCUT2D eigenvalue weighted by Gasteiger charge is 2.16. The predicted molar refractivity (Wildman–Crippen MR) is 90.8 cm³/mol. The SMILES string of the molecule is COc1ccc(C(=O)NCCC(=O)O)nc1-c1ccc(Cl)cc1Cl. The number of amides is 1. The van der Waals surface area contributed by atoms with Crippen LogP contribution in [0.5, 0.6) is 5.75 Å². The van der Waals surface area contributed by atoms with Gasteiger partial charge in [0.2, 0.25) is 0 Å². The maximum atomic E-state index is 12.1. The van der Waals surface area contributed by atoms with E-state index in [1.807, 2.05) is 0 Å². The monoisotopic (exact) mass is 368 g/mol. The zero-order valence-corrected chi connectivity index (χ0v) is 14.2. The van der Waals surface area contributed by atoms with Crippen molar-refractivity contribution in [2.24, 2.45) is 0 Å². The lowest BCUT2D eigenvalue weighted by Crippen LogP contribution is -2.26. The van der Waals surface area contributed by atoms with E-state index in [1.54, 1.807) is 24.3 Å². The molecule has 126 valence electrons. The number of nitrogens with zero attached hydrogens (tertiary/aromatic N) is 1. The third-order valence-corrected chi connectivity index (χ3v) is 3.67. The molecule has 0 radical (unpaired) electrons. The molecule has 1 heterocycles. The minimum absolute atomic E-state index is 0.0128. The van der Waals surface area contributed by atoms with Gasteiger partial charge in [-0.15, -0.1) is 0 Å². The third kappa shape index (κ3) is 4.37. The summed E-state index contributed by atoms with van der Waals surface area (Å²) in [6, 6.07) is 7.99. The number of hydrogen-bond acceptors (Lipinski definition) is 4. The molecule has 0 atom stereocenters. The Morgan fingerprint density at radius 3 is 2.62 bits per heavy atom. The lowest BCUT2D eigenvalue weighted by Gasteiger charge is -2.11. The van der Waals surface area contributed by atoms with Crippen LogP contribution in [0.1, 0.15) is 16.9 Å². The Hall–Kier alpha value is -2.31. The van der Waals surface area contributed by atoms with Gasteiger partial charge in [0, 0.05) is 17.1 Å². The summed E-state index contributed by atoms with van der Waals surface area (Å²) in [5.41, 5.74) is 1.09. The van der Waals surface area contributed by atoms with Gasteiger partial charge in [0.1, 0.15) is 17.1 Å². The number of nitrogens with one attached hydrogen (secondary N) is 1. The Kier molecular flexibility index (Phi) is 6.00. The lowest BCUT2D eigenvalue weighted by molar-refractivity contribution is -0.136. The molecule has 2 aromatic rings. The molecule has 6 nitrogen and oxygen atoms in total. The number of methoxy groups -OCH3 is 1. The van der Waals surface area contributed by atoms with E-state index in [-0.39, 0.29) is 18.7 Å². The first-order valence-electron chi connectivity index (χ1n) is 6.93. The second-order valence-electron chi connectivity index (χ2n) is 4.77. The molecule has 0 aliphatic carbocycles. The molecule has 0 aliphatic rings. The van der Waals surface area contributed by atoms with E-state index in [0.717, 1.165) is 0 Å². The van der Waals surface area contributed by atoms with Crippen LogP contribution in [0.4, 0.5) is 0 Å². The average Bonchev–Trinajstić information content (AvgIpc) is 2.54. The fraction of sp³-hybridized carbons (Fsp3) is 0.188. The maximum absolute atomic E-state index is 12.1. The number of rotatable bonds is 6. The lowest BCUT2D eigenvalue weighted by atomic mass is 10.1. The van der Waals surface area contributed by atoms with Crippen LogP contribution in [0.25, 0.3) is 11.3 Å². The summed E-state index contributed by atoms with van der Waals surface area (Å²) in [5, 5.41) is 11.9. The third-order valence-electron chi connectivity index (χ3n) is 3.12. The van der Waals surface area contributed by atoms with Crippen molar-refractivity contribution in [3.8, 4) is 17.0 Å². The van der Waals surface area contributed by atoms with Crippen molar-refractivity contribution in [2.45, 2.75) is 6.42 Å². The van der Waals surface area contributed by atoms with Crippen LogP contribution in [0.15, 0.2) is 30.3 Å². The van der Waals surface area contributed by atoms with Gasteiger partial charge in [-0.05, 0) is 30.3 Å². The number of aliphatic carboxylic acids is 1. The van der Waals surface area contributed by atoms with E-state index < -0.39 is 11.9 Å². The average molecular weight is 369 g/mol. The summed E-state index contributed by atoms with van der Waals surface area (Å²) in [4.78, 5) is 26.9. The van der Waals surface area contributed by atoms with Gasteiger partial charge in [0.25, 0.3) is 5.91 Å². The quantitative estimate of drug-likeness (QED) is 0.816. The van der Waals surface area contributed by atoms with Gasteiger partial charge in [-0.3, -0.25) is 9.59 Å². The number of aromatic nitrogens is 1. The number of pyridine rings is 1. The topological polar surface area (TPSA) is 88.5 Å². The van der Waals surface area contributed by atoms with E-state index in [2.05, 4.69) is 10.3 Å². The molecule has 0 unspecified atom stereocenters. The van der Waals surface area contributed by atoms with Crippen molar-refractivity contribution in [3.63, 3.8) is 0 Å². The highest BCUT2D eigenvalue weighted by atomic mass is 35.5. The van der Waals surface area contributed by atoms with Crippen LogP contribution in [0.3, 0.4) is 0 Å². The first kappa shape index (κ1) is 18.0. The zero-order valence-electron chi connectivity index (χ0n) is 12.7. The van der Waals surface area contributed by atoms with Crippen LogP contribution in [-0.4, -0.2) is 35.6 Å². The molecule has 1 aromatic heterocycles. The largest absolute Gasteiger partial charge is 0.494 e. The molecule has 2 rings (SSSR count). The molecule has 0 saturated carbocycles. The summed E-state index contributed by atoms with van der Waals surface area (Å²) in [7, 11) is 1.48. The van der Waals surface area contributed by atoms with Crippen molar-refractivity contribution in [1.82, 2.24) is 10.3 Å². The van der Waals surface area contributed by atoms with Crippen molar-refractivity contribution in [3.05, 3.63) is 46.1 Å². The predicted octanol–water partition coefficient (Wildman–Crippen LogP) is 3.27. The number of benzene rings is 1. The molecule has 0 bridgehead atoms. The van der Waals surface area contributed by atoms with E-state index in [9.17, 15) is 9.59 Å². The Morgan fingerprint density at radius 1 is 1.25 bits per heavy atom. The van der Waals surface area contributed by atoms with Crippen LogP contribution in [0, 0.1) is 0 Å². The molecule has 0 spiro atoms. The van der Waals surface area contributed by atoms with E-state index in [0.29, 0.717) is 27.1 Å². The van der Waals surface area contributed by atoms with Gasteiger partial charge < -0.3 is 15.2 Å². The molecular weight excluding hydrogens is 355 g/mol. The Labute approximate surface area is 148 Å². The molecule has 0 saturated heterocycles. The molecule has 0 fully saturated rings. The van der Waals surface area contributed by atoms with Crippen molar-refractivity contribution >= 4 is 35.1 Å². The van der Waals surface area contributed by atoms with E-state index in [4.69, 9.17) is 33.0 Å². The zero-order chi connectivity index (χ0) is 17.7. The molecule has 1 amide bonds. The van der Waals surface area contributed by atoms with Crippen molar-refractivity contribution < 1.29 is 19.4 Å². The molecule has 1 aromatic carbocycles. The molecular formula is C16H14Cl2N2O4. The maximum Gasteiger partial charge on any atom is 0.305 e. The highest BCUT2D eigenvalue weighted by Crippen LogP contribution is 2.34. The van der Waals surface area contributed by atoms with E-state index in [1.165, 1.54) is 13.2 Å². The fourth-order valence-corrected chi connectivity index (χ4v) is 2.48. The van der Waals surface area contributed by atoms with Gasteiger partial charge in [-0.25, -0.2) is 4.98 Å². The molecule has 24 heavy (non-hydrogen) atoms. The van der Waals surface area contributed by atoms with Crippen molar-refractivity contribution in [1.29, 1.82) is 0 Å². The number of carbonyl (C=O) groups excluding carboxylic acids is 1. The second-order valence-corrected chi connectivity index (χ2v) is 5.61. The number of halogens is 2. The Bertz CT molecular complexity index is 781. The normalized spacial score (nSPS) is 10.3. The van der Waals surface area contributed by atoms with Crippen LogP contribution >= 0.6 is 23.2 Å². The summed E-state index contributed by atoms with van der Waals surface area (Å²) in [6.07, 6.45) is -0.169. The summed E-state index contributed by atoms with van der Waals surface area (Å²) in [5.74, 6) is -1.03. The first-order valence-corrected chi connectivity index (χ1v) is 7.68. The fourth-order valence-electron chi connectivity index (χ4n) is 1.99. The minimum atomic E-state index is -0.994. The number of ether oxygens (including phenoxy) is 1. The highest BCUT2D eigenvalue weighted by molar-refractivity contribution is 6.36. The van der Waals surface area contributed by atoms with Gasteiger partial charge in [0.15, 0.2) is 0 Å².